The van der Waals surface area contributed by atoms with Crippen molar-refractivity contribution in [2.24, 2.45) is 0 Å². The van der Waals surface area contributed by atoms with Gasteiger partial charge in [-0.25, -0.2) is 0 Å². The zero-order valence-corrected chi connectivity index (χ0v) is 9.40. The Morgan fingerprint density at radius 3 is 3.00 bits per heavy atom. The first-order valence-electron chi connectivity index (χ1n) is 5.41. The van der Waals surface area contributed by atoms with Gasteiger partial charge < -0.3 is 15.2 Å². The molecule has 0 spiro atoms. The van der Waals surface area contributed by atoms with Crippen LogP contribution in [-0.2, 0) is 4.79 Å². The highest BCUT2D eigenvalue weighted by Gasteiger charge is 2.01. The van der Waals surface area contributed by atoms with Gasteiger partial charge in [0.25, 0.3) is 5.91 Å². The van der Waals surface area contributed by atoms with Gasteiger partial charge in [0, 0.05) is 12.6 Å². The maximum absolute atomic E-state index is 11.3. The number of carbonyl (C=O) groups excluding carboxylic acids is 1. The second kappa shape index (κ2) is 6.71. The first kappa shape index (κ1) is 12.4. The molecule has 4 nitrogen and oxygen atoms in total. The normalized spacial score (nSPS) is 9.81. The number of aromatic hydroxyl groups is 1. The van der Waals surface area contributed by atoms with Crippen LogP contribution >= 0.6 is 0 Å². The monoisotopic (exact) mass is 223 g/mol. The van der Waals surface area contributed by atoms with Gasteiger partial charge in [0.2, 0.25) is 0 Å². The molecule has 1 amide bonds. The van der Waals surface area contributed by atoms with Crippen LogP contribution in [0, 0.1) is 0 Å². The average molecular weight is 223 g/mol. The zero-order chi connectivity index (χ0) is 11.8. The standard InChI is InChI=1S/C12H17NO3/c1-2-3-7-13-12(15)9-16-11-6-4-5-10(14)8-11/h4-6,8,14H,2-3,7,9H2,1H3,(H,13,15). The van der Waals surface area contributed by atoms with Gasteiger partial charge in [-0.05, 0) is 18.6 Å². The Morgan fingerprint density at radius 2 is 2.31 bits per heavy atom. The molecular formula is C12H17NO3. The van der Waals surface area contributed by atoms with Crippen LogP contribution in [0.25, 0.3) is 0 Å². The quantitative estimate of drug-likeness (QED) is 0.721. The SMILES string of the molecule is CCCCNC(=O)COc1cccc(O)c1. The van der Waals surface area contributed by atoms with Crippen molar-refractivity contribution in [2.45, 2.75) is 19.8 Å². The van der Waals surface area contributed by atoms with Crippen LogP contribution in [-0.4, -0.2) is 24.2 Å². The van der Waals surface area contributed by atoms with Crippen molar-refractivity contribution in [1.29, 1.82) is 0 Å². The van der Waals surface area contributed by atoms with Crippen molar-refractivity contribution >= 4 is 5.91 Å². The third kappa shape index (κ3) is 4.68. The highest BCUT2D eigenvalue weighted by Crippen LogP contribution is 2.17. The maximum atomic E-state index is 11.3. The van der Waals surface area contributed by atoms with E-state index < -0.39 is 0 Å². The van der Waals surface area contributed by atoms with Crippen molar-refractivity contribution in [3.63, 3.8) is 0 Å². The lowest BCUT2D eigenvalue weighted by Gasteiger charge is -2.07. The van der Waals surface area contributed by atoms with E-state index in [0.29, 0.717) is 12.3 Å². The molecule has 0 saturated heterocycles. The third-order valence-electron chi connectivity index (χ3n) is 2.04. The average Bonchev–Trinajstić information content (AvgIpc) is 2.27. The van der Waals surface area contributed by atoms with Crippen LogP contribution < -0.4 is 10.1 Å². The number of hydrogen-bond acceptors (Lipinski definition) is 3. The number of ether oxygens (including phenoxy) is 1. The molecule has 88 valence electrons. The largest absolute Gasteiger partial charge is 0.508 e. The van der Waals surface area contributed by atoms with Gasteiger partial charge in [0.15, 0.2) is 6.61 Å². The number of amides is 1. The smallest absolute Gasteiger partial charge is 0.257 e. The van der Waals surface area contributed by atoms with E-state index in [9.17, 15) is 9.90 Å². The number of hydrogen-bond donors (Lipinski definition) is 2. The van der Waals surface area contributed by atoms with Crippen molar-refractivity contribution < 1.29 is 14.6 Å². The summed E-state index contributed by atoms with van der Waals surface area (Å²) < 4.78 is 5.21. The second-order valence-electron chi connectivity index (χ2n) is 3.49. The molecule has 1 aromatic carbocycles. The van der Waals surface area contributed by atoms with E-state index in [0.717, 1.165) is 12.8 Å². The topological polar surface area (TPSA) is 58.6 Å². The molecule has 0 bridgehead atoms. The van der Waals surface area contributed by atoms with Gasteiger partial charge in [0.1, 0.15) is 11.5 Å². The number of phenols is 1. The summed E-state index contributed by atoms with van der Waals surface area (Å²) in [4.78, 5) is 11.3. The number of phenolic OH excluding ortho intramolecular Hbond substituents is 1. The fourth-order valence-electron chi connectivity index (χ4n) is 1.18. The minimum absolute atomic E-state index is 0.0207. The molecule has 0 aliphatic carbocycles. The molecule has 0 radical (unpaired) electrons. The summed E-state index contributed by atoms with van der Waals surface area (Å²) in [6.07, 6.45) is 2.02. The molecule has 1 aromatic rings. The van der Waals surface area contributed by atoms with Gasteiger partial charge in [-0.3, -0.25) is 4.79 Å². The number of carbonyl (C=O) groups is 1. The molecule has 4 heteroatoms. The van der Waals surface area contributed by atoms with Crippen LogP contribution in [0.15, 0.2) is 24.3 Å². The number of nitrogens with one attached hydrogen (secondary N) is 1. The van der Waals surface area contributed by atoms with Gasteiger partial charge in [0.05, 0.1) is 0 Å². The fraction of sp³-hybridized carbons (Fsp3) is 0.417. The molecule has 0 aliphatic rings. The predicted octanol–water partition coefficient (Wildman–Crippen LogP) is 1.69. The lowest BCUT2D eigenvalue weighted by molar-refractivity contribution is -0.123. The van der Waals surface area contributed by atoms with E-state index in [1.165, 1.54) is 6.07 Å². The molecule has 2 N–H and O–H groups in total. The Balaban J connectivity index is 2.26. The minimum atomic E-state index is -0.142. The number of benzene rings is 1. The molecular weight excluding hydrogens is 206 g/mol. The molecule has 1 rings (SSSR count). The van der Waals surface area contributed by atoms with Crippen molar-refractivity contribution in [3.8, 4) is 11.5 Å². The van der Waals surface area contributed by atoms with E-state index in [4.69, 9.17) is 4.74 Å². The molecule has 16 heavy (non-hydrogen) atoms. The van der Waals surface area contributed by atoms with E-state index in [-0.39, 0.29) is 18.3 Å². The maximum Gasteiger partial charge on any atom is 0.257 e. The summed E-state index contributed by atoms with van der Waals surface area (Å²) in [7, 11) is 0. The summed E-state index contributed by atoms with van der Waals surface area (Å²) in [5.74, 6) is 0.478. The van der Waals surface area contributed by atoms with E-state index >= 15 is 0 Å². The van der Waals surface area contributed by atoms with Gasteiger partial charge in [-0.1, -0.05) is 19.4 Å². The molecule has 0 heterocycles. The molecule has 0 unspecified atom stereocenters. The van der Waals surface area contributed by atoms with E-state index in [2.05, 4.69) is 12.2 Å². The van der Waals surface area contributed by atoms with Crippen LogP contribution in [0.5, 0.6) is 11.5 Å². The Morgan fingerprint density at radius 1 is 1.50 bits per heavy atom. The third-order valence-corrected chi connectivity index (χ3v) is 2.04. The van der Waals surface area contributed by atoms with Crippen LogP contribution in [0.3, 0.4) is 0 Å². The lowest BCUT2D eigenvalue weighted by atomic mass is 10.3. The van der Waals surface area contributed by atoms with Gasteiger partial charge in [-0.2, -0.15) is 0 Å². The van der Waals surface area contributed by atoms with Crippen LogP contribution in [0.1, 0.15) is 19.8 Å². The molecule has 0 aliphatic heterocycles. The summed E-state index contributed by atoms with van der Waals surface area (Å²) in [6.45, 7) is 2.72. The molecule has 0 fully saturated rings. The van der Waals surface area contributed by atoms with E-state index in [1.54, 1.807) is 18.2 Å². The van der Waals surface area contributed by atoms with Crippen molar-refractivity contribution in [1.82, 2.24) is 5.32 Å². The zero-order valence-electron chi connectivity index (χ0n) is 9.40. The Kier molecular flexibility index (Phi) is 5.19. The number of unbranched alkanes of at least 4 members (excludes halogenated alkanes) is 1. The Hall–Kier alpha value is -1.71. The summed E-state index contributed by atoms with van der Waals surface area (Å²) >= 11 is 0. The Labute approximate surface area is 95.2 Å². The van der Waals surface area contributed by atoms with Gasteiger partial charge in [-0.15, -0.1) is 0 Å². The second-order valence-corrected chi connectivity index (χ2v) is 3.49. The first-order valence-corrected chi connectivity index (χ1v) is 5.41. The molecule has 0 aromatic heterocycles. The van der Waals surface area contributed by atoms with Crippen molar-refractivity contribution in [2.75, 3.05) is 13.2 Å². The van der Waals surface area contributed by atoms with Crippen LogP contribution in [0.4, 0.5) is 0 Å². The molecule has 0 atom stereocenters. The first-order chi connectivity index (χ1) is 7.72. The summed E-state index contributed by atoms with van der Waals surface area (Å²) in [5, 5.41) is 11.9. The van der Waals surface area contributed by atoms with Crippen LogP contribution in [0.2, 0.25) is 0 Å². The van der Waals surface area contributed by atoms with Crippen molar-refractivity contribution in [3.05, 3.63) is 24.3 Å². The predicted molar refractivity (Wildman–Crippen MR) is 61.5 cm³/mol. The van der Waals surface area contributed by atoms with Gasteiger partial charge >= 0.3 is 0 Å². The lowest BCUT2D eigenvalue weighted by Crippen LogP contribution is -2.29. The highest BCUT2D eigenvalue weighted by molar-refractivity contribution is 5.77. The number of rotatable bonds is 6. The summed E-state index contributed by atoms with van der Waals surface area (Å²) in [5.41, 5.74) is 0. The highest BCUT2D eigenvalue weighted by atomic mass is 16.5. The van der Waals surface area contributed by atoms with E-state index in [1.807, 2.05) is 0 Å². The molecule has 0 saturated carbocycles. The minimum Gasteiger partial charge on any atom is -0.508 e. The fourth-order valence-corrected chi connectivity index (χ4v) is 1.18. The Bertz CT molecular complexity index is 339. The summed E-state index contributed by atoms with van der Waals surface area (Å²) in [6, 6.07) is 6.38.